The average Bonchev–Trinajstić information content (AvgIpc) is 3.16. The number of fused-ring (bicyclic) bond motifs is 8. The Morgan fingerprint density at radius 3 is 1.80 bits per heavy atom. The van der Waals surface area contributed by atoms with Gasteiger partial charge in [0.15, 0.2) is 0 Å². The van der Waals surface area contributed by atoms with Crippen molar-refractivity contribution >= 4 is 28.4 Å². The first-order chi connectivity index (χ1) is 20.1. The van der Waals surface area contributed by atoms with Crippen molar-refractivity contribution in [3.05, 3.63) is 151 Å². The van der Waals surface area contributed by atoms with Crippen molar-refractivity contribution in [1.29, 1.82) is 0 Å². The standard InChI is InChI=1S/C39H30N2/c1-39(2)35-18-10-8-16-31(35)32-22-20-27(25-36(32)39)40-26-21-23-38-34(24-26)30-15-7-6-14-29(30)33-17-9-11-19-37(33)41(38)28-12-4-3-5-13-28/h3-25,40H,1-2H3. The van der Waals surface area contributed by atoms with Crippen LogP contribution in [0.4, 0.5) is 28.4 Å². The van der Waals surface area contributed by atoms with Crippen molar-refractivity contribution in [2.24, 2.45) is 0 Å². The Bertz CT molecular complexity index is 1950. The van der Waals surface area contributed by atoms with Crippen molar-refractivity contribution in [3.8, 4) is 33.4 Å². The van der Waals surface area contributed by atoms with Gasteiger partial charge in [-0.3, -0.25) is 0 Å². The molecule has 2 aliphatic rings. The summed E-state index contributed by atoms with van der Waals surface area (Å²) in [4.78, 5) is 2.39. The first-order valence-electron chi connectivity index (χ1n) is 14.3. The predicted octanol–water partition coefficient (Wildman–Crippen LogP) is 10.9. The number of rotatable bonds is 3. The highest BCUT2D eigenvalue weighted by Gasteiger charge is 2.35. The van der Waals surface area contributed by atoms with Crippen molar-refractivity contribution in [2.75, 3.05) is 10.2 Å². The minimum atomic E-state index is -0.0295. The summed E-state index contributed by atoms with van der Waals surface area (Å²) in [6.07, 6.45) is 0. The lowest BCUT2D eigenvalue weighted by Crippen LogP contribution is -2.15. The zero-order chi connectivity index (χ0) is 27.6. The lowest BCUT2D eigenvalue weighted by atomic mass is 9.82. The molecule has 41 heavy (non-hydrogen) atoms. The molecule has 6 aromatic carbocycles. The van der Waals surface area contributed by atoms with E-state index in [9.17, 15) is 0 Å². The topological polar surface area (TPSA) is 15.3 Å². The van der Waals surface area contributed by atoms with E-state index in [0.717, 1.165) is 17.1 Å². The molecule has 0 unspecified atom stereocenters. The molecule has 1 heterocycles. The van der Waals surface area contributed by atoms with Gasteiger partial charge in [0, 0.05) is 33.6 Å². The Kier molecular flexibility index (Phi) is 5.20. The molecular weight excluding hydrogens is 496 g/mol. The Morgan fingerprint density at radius 2 is 1.00 bits per heavy atom. The summed E-state index contributed by atoms with van der Waals surface area (Å²) in [5, 5.41) is 3.76. The third-order valence-electron chi connectivity index (χ3n) is 8.78. The molecule has 0 radical (unpaired) electrons. The summed E-state index contributed by atoms with van der Waals surface area (Å²) in [7, 11) is 0. The van der Waals surface area contributed by atoms with Gasteiger partial charge in [-0.2, -0.15) is 0 Å². The Hall–Kier alpha value is -5.08. The third kappa shape index (κ3) is 3.64. The molecule has 0 fully saturated rings. The smallest absolute Gasteiger partial charge is 0.0542 e. The molecule has 0 bridgehead atoms. The molecule has 0 amide bonds. The van der Waals surface area contributed by atoms with Crippen LogP contribution in [0.15, 0.2) is 140 Å². The largest absolute Gasteiger partial charge is 0.355 e. The van der Waals surface area contributed by atoms with Gasteiger partial charge in [0.25, 0.3) is 0 Å². The van der Waals surface area contributed by atoms with Crippen molar-refractivity contribution < 1.29 is 0 Å². The Balaban J connectivity index is 1.26. The van der Waals surface area contributed by atoms with E-state index in [-0.39, 0.29) is 5.41 Å². The number of anilines is 5. The van der Waals surface area contributed by atoms with Gasteiger partial charge in [-0.25, -0.2) is 0 Å². The van der Waals surface area contributed by atoms with Gasteiger partial charge in [0.05, 0.1) is 11.4 Å². The van der Waals surface area contributed by atoms with Gasteiger partial charge in [-0.05, 0) is 81.9 Å². The second kappa shape index (κ2) is 8.97. The van der Waals surface area contributed by atoms with Crippen LogP contribution in [0.3, 0.4) is 0 Å². The first kappa shape index (κ1) is 23.8. The monoisotopic (exact) mass is 526 g/mol. The molecule has 2 nitrogen and oxygen atoms in total. The van der Waals surface area contributed by atoms with Crippen LogP contribution in [0.1, 0.15) is 25.0 Å². The number of nitrogens with zero attached hydrogens (tertiary/aromatic N) is 1. The minimum Gasteiger partial charge on any atom is -0.355 e. The summed E-state index contributed by atoms with van der Waals surface area (Å²) in [6.45, 7) is 4.66. The van der Waals surface area contributed by atoms with E-state index < -0.39 is 0 Å². The fourth-order valence-corrected chi connectivity index (χ4v) is 6.81. The fourth-order valence-electron chi connectivity index (χ4n) is 6.81. The van der Waals surface area contributed by atoms with Crippen molar-refractivity contribution in [2.45, 2.75) is 19.3 Å². The average molecular weight is 527 g/mol. The van der Waals surface area contributed by atoms with Crippen LogP contribution >= 0.6 is 0 Å². The van der Waals surface area contributed by atoms with Crippen LogP contribution in [-0.2, 0) is 5.41 Å². The predicted molar refractivity (Wildman–Crippen MR) is 173 cm³/mol. The van der Waals surface area contributed by atoms with E-state index in [2.05, 4.69) is 164 Å². The minimum absolute atomic E-state index is 0.0295. The molecule has 196 valence electrons. The molecular formula is C39H30N2. The molecule has 8 rings (SSSR count). The number of nitrogens with one attached hydrogen (secondary N) is 1. The van der Waals surface area contributed by atoms with E-state index in [4.69, 9.17) is 0 Å². The van der Waals surface area contributed by atoms with E-state index in [1.807, 2.05) is 0 Å². The lowest BCUT2D eigenvalue weighted by molar-refractivity contribution is 0.660. The number of hydrogen-bond donors (Lipinski definition) is 1. The molecule has 0 saturated carbocycles. The van der Waals surface area contributed by atoms with Crippen LogP contribution in [0.2, 0.25) is 0 Å². The summed E-state index contributed by atoms with van der Waals surface area (Å²) in [6, 6.07) is 50.6. The van der Waals surface area contributed by atoms with Crippen molar-refractivity contribution in [3.63, 3.8) is 0 Å². The first-order valence-corrected chi connectivity index (χ1v) is 14.3. The summed E-state index contributed by atoms with van der Waals surface area (Å²) < 4.78 is 0. The van der Waals surface area contributed by atoms with Crippen LogP contribution in [0.5, 0.6) is 0 Å². The quantitative estimate of drug-likeness (QED) is 0.246. The van der Waals surface area contributed by atoms with Crippen molar-refractivity contribution in [1.82, 2.24) is 0 Å². The number of para-hydroxylation sites is 2. The Morgan fingerprint density at radius 1 is 0.439 bits per heavy atom. The molecule has 1 aliphatic carbocycles. The number of hydrogen-bond acceptors (Lipinski definition) is 2. The zero-order valence-corrected chi connectivity index (χ0v) is 23.2. The highest BCUT2D eigenvalue weighted by molar-refractivity contribution is 6.03. The normalized spacial score (nSPS) is 13.8. The highest BCUT2D eigenvalue weighted by atomic mass is 15.1. The van der Waals surface area contributed by atoms with Gasteiger partial charge < -0.3 is 10.2 Å². The van der Waals surface area contributed by atoms with Gasteiger partial charge in [-0.1, -0.05) is 105 Å². The second-order valence-electron chi connectivity index (χ2n) is 11.5. The van der Waals surface area contributed by atoms with Crippen LogP contribution in [0.25, 0.3) is 33.4 Å². The summed E-state index contributed by atoms with van der Waals surface area (Å²) in [5.74, 6) is 0. The van der Waals surface area contributed by atoms with Gasteiger partial charge >= 0.3 is 0 Å². The highest BCUT2D eigenvalue weighted by Crippen LogP contribution is 2.52. The molecule has 1 aliphatic heterocycles. The molecule has 6 aromatic rings. The molecule has 0 spiro atoms. The second-order valence-corrected chi connectivity index (χ2v) is 11.5. The maximum atomic E-state index is 3.76. The zero-order valence-electron chi connectivity index (χ0n) is 23.2. The molecule has 0 aromatic heterocycles. The van der Waals surface area contributed by atoms with E-state index in [1.54, 1.807) is 0 Å². The SMILES string of the molecule is CC1(C)c2ccccc2-c2ccc(Nc3ccc4c(c3)-c3ccccc3-c3ccccc3N4c3ccccc3)cc21. The maximum Gasteiger partial charge on any atom is 0.0542 e. The lowest BCUT2D eigenvalue weighted by Gasteiger charge is -2.27. The molecule has 0 atom stereocenters. The van der Waals surface area contributed by atoms with Gasteiger partial charge in [0.1, 0.15) is 0 Å². The maximum absolute atomic E-state index is 3.76. The van der Waals surface area contributed by atoms with E-state index in [1.165, 1.54) is 55.9 Å². The fraction of sp³-hybridized carbons (Fsp3) is 0.0769. The van der Waals surface area contributed by atoms with E-state index >= 15 is 0 Å². The van der Waals surface area contributed by atoms with Crippen LogP contribution in [-0.4, -0.2) is 0 Å². The van der Waals surface area contributed by atoms with Crippen LogP contribution in [0, 0.1) is 0 Å². The number of benzene rings is 6. The third-order valence-corrected chi connectivity index (χ3v) is 8.78. The molecule has 1 N–H and O–H groups in total. The molecule has 0 saturated heterocycles. The van der Waals surface area contributed by atoms with Gasteiger partial charge in [0.2, 0.25) is 0 Å². The Labute approximate surface area is 241 Å². The van der Waals surface area contributed by atoms with Gasteiger partial charge in [-0.15, -0.1) is 0 Å². The summed E-state index contributed by atoms with van der Waals surface area (Å²) >= 11 is 0. The summed E-state index contributed by atoms with van der Waals surface area (Å²) in [5.41, 5.74) is 16.0. The van der Waals surface area contributed by atoms with Crippen LogP contribution < -0.4 is 10.2 Å². The molecule has 2 heteroatoms. The van der Waals surface area contributed by atoms with E-state index in [0.29, 0.717) is 0 Å².